The summed E-state index contributed by atoms with van der Waals surface area (Å²) in [5.41, 5.74) is 7.83. The maximum atomic E-state index is 5.75. The molecule has 0 fully saturated rings. The average molecular weight is 248 g/mol. The van der Waals surface area contributed by atoms with E-state index in [2.05, 4.69) is 41.1 Å². The number of aromatic nitrogens is 3. The van der Waals surface area contributed by atoms with Gasteiger partial charge >= 0.3 is 0 Å². The first-order valence-electron chi connectivity index (χ1n) is 5.43. The number of thiophene rings is 1. The predicted molar refractivity (Wildman–Crippen MR) is 71.0 cm³/mol. The Morgan fingerprint density at radius 2 is 1.82 bits per heavy atom. The molecule has 0 spiro atoms. The lowest BCUT2D eigenvalue weighted by Crippen LogP contribution is -2.18. The van der Waals surface area contributed by atoms with Crippen LogP contribution in [-0.4, -0.2) is 15.0 Å². The first-order valence-corrected chi connectivity index (χ1v) is 6.37. The van der Waals surface area contributed by atoms with Crippen molar-refractivity contribution in [2.24, 2.45) is 0 Å². The number of nitrogens with zero attached hydrogens (tertiary/aromatic N) is 3. The van der Waals surface area contributed by atoms with Crippen molar-refractivity contribution in [1.29, 1.82) is 0 Å². The molecule has 0 aliphatic rings. The Morgan fingerprint density at radius 1 is 1.12 bits per heavy atom. The van der Waals surface area contributed by atoms with Gasteiger partial charge in [-0.3, -0.25) is 0 Å². The number of anilines is 1. The molecule has 5 heteroatoms. The molecule has 90 valence electrons. The molecule has 0 unspecified atom stereocenters. The van der Waals surface area contributed by atoms with E-state index in [9.17, 15) is 0 Å². The molecule has 0 saturated heterocycles. The molecule has 4 nitrogen and oxygen atoms in total. The SMILES string of the molecule is Cc1cscc1-c1nc(N)nc(C(C)(C)C)n1. The summed E-state index contributed by atoms with van der Waals surface area (Å²) in [7, 11) is 0. The second-order valence-corrected chi connectivity index (χ2v) is 5.80. The zero-order valence-corrected chi connectivity index (χ0v) is 11.3. The van der Waals surface area contributed by atoms with Crippen LogP contribution in [0.4, 0.5) is 5.95 Å². The lowest BCUT2D eigenvalue weighted by atomic mass is 9.96. The van der Waals surface area contributed by atoms with Gasteiger partial charge in [0.05, 0.1) is 0 Å². The summed E-state index contributed by atoms with van der Waals surface area (Å²) in [5.74, 6) is 1.68. The summed E-state index contributed by atoms with van der Waals surface area (Å²) >= 11 is 1.64. The first-order chi connectivity index (χ1) is 7.88. The van der Waals surface area contributed by atoms with Crippen molar-refractivity contribution in [1.82, 2.24) is 15.0 Å². The van der Waals surface area contributed by atoms with Crippen molar-refractivity contribution in [3.05, 3.63) is 22.1 Å². The van der Waals surface area contributed by atoms with Crippen LogP contribution >= 0.6 is 11.3 Å². The van der Waals surface area contributed by atoms with Gasteiger partial charge in [-0.1, -0.05) is 20.8 Å². The van der Waals surface area contributed by atoms with E-state index in [0.717, 1.165) is 11.4 Å². The minimum Gasteiger partial charge on any atom is -0.368 e. The van der Waals surface area contributed by atoms with Crippen LogP contribution in [0, 0.1) is 6.92 Å². The highest BCUT2D eigenvalue weighted by Gasteiger charge is 2.20. The fourth-order valence-electron chi connectivity index (χ4n) is 1.44. The maximum Gasteiger partial charge on any atom is 0.223 e. The van der Waals surface area contributed by atoms with Gasteiger partial charge in [-0.25, -0.2) is 4.98 Å². The fourth-order valence-corrected chi connectivity index (χ4v) is 2.26. The van der Waals surface area contributed by atoms with Crippen LogP contribution in [0.15, 0.2) is 10.8 Å². The summed E-state index contributed by atoms with van der Waals surface area (Å²) in [6.45, 7) is 8.23. The quantitative estimate of drug-likeness (QED) is 0.842. The lowest BCUT2D eigenvalue weighted by molar-refractivity contribution is 0.544. The van der Waals surface area contributed by atoms with Gasteiger partial charge in [0.25, 0.3) is 0 Å². The molecule has 0 aliphatic heterocycles. The van der Waals surface area contributed by atoms with Crippen molar-refractivity contribution in [3.8, 4) is 11.4 Å². The van der Waals surface area contributed by atoms with Crippen LogP contribution in [-0.2, 0) is 5.41 Å². The standard InChI is InChI=1S/C12H16N4S/c1-7-5-17-6-8(7)9-14-10(12(2,3)4)16-11(13)15-9/h5-6H,1-4H3,(H2,13,14,15,16). The van der Waals surface area contributed by atoms with E-state index in [1.165, 1.54) is 5.56 Å². The molecule has 17 heavy (non-hydrogen) atoms. The fraction of sp³-hybridized carbons (Fsp3) is 0.417. The van der Waals surface area contributed by atoms with Gasteiger partial charge in [0.15, 0.2) is 5.82 Å². The van der Waals surface area contributed by atoms with Gasteiger partial charge < -0.3 is 5.73 Å². The van der Waals surface area contributed by atoms with Crippen LogP contribution in [0.5, 0.6) is 0 Å². The number of hydrogen-bond acceptors (Lipinski definition) is 5. The smallest absolute Gasteiger partial charge is 0.223 e. The molecule has 0 aliphatic carbocycles. The largest absolute Gasteiger partial charge is 0.368 e. The van der Waals surface area contributed by atoms with Gasteiger partial charge in [0.2, 0.25) is 5.95 Å². The first kappa shape index (κ1) is 12.0. The van der Waals surface area contributed by atoms with E-state index in [1.807, 2.05) is 12.3 Å². The maximum absolute atomic E-state index is 5.75. The van der Waals surface area contributed by atoms with Gasteiger partial charge in [-0.05, 0) is 17.9 Å². The molecule has 2 N–H and O–H groups in total. The molecule has 0 aromatic carbocycles. The highest BCUT2D eigenvalue weighted by atomic mass is 32.1. The Hall–Kier alpha value is -1.49. The molecule has 2 rings (SSSR count). The average Bonchev–Trinajstić information content (AvgIpc) is 2.62. The van der Waals surface area contributed by atoms with Crippen LogP contribution in [0.2, 0.25) is 0 Å². The Bertz CT molecular complexity index is 540. The monoisotopic (exact) mass is 248 g/mol. The zero-order chi connectivity index (χ0) is 12.6. The Labute approximate surface area is 105 Å². The van der Waals surface area contributed by atoms with Gasteiger partial charge in [0, 0.05) is 16.4 Å². The van der Waals surface area contributed by atoms with E-state index < -0.39 is 0 Å². The molecule has 0 saturated carbocycles. The highest BCUT2D eigenvalue weighted by molar-refractivity contribution is 7.08. The van der Waals surface area contributed by atoms with E-state index in [0.29, 0.717) is 5.82 Å². The Balaban J connectivity index is 2.57. The summed E-state index contributed by atoms with van der Waals surface area (Å²) in [6.07, 6.45) is 0. The topological polar surface area (TPSA) is 64.7 Å². The number of rotatable bonds is 1. The molecule has 0 bridgehead atoms. The van der Waals surface area contributed by atoms with Gasteiger partial charge in [0.1, 0.15) is 5.82 Å². The number of nitrogen functional groups attached to an aromatic ring is 1. The van der Waals surface area contributed by atoms with E-state index in [4.69, 9.17) is 5.73 Å². The molecule has 2 heterocycles. The molecular weight excluding hydrogens is 232 g/mol. The second-order valence-electron chi connectivity index (χ2n) is 5.06. The van der Waals surface area contributed by atoms with Crippen molar-refractivity contribution in [2.75, 3.05) is 5.73 Å². The van der Waals surface area contributed by atoms with E-state index in [1.54, 1.807) is 11.3 Å². The van der Waals surface area contributed by atoms with E-state index in [-0.39, 0.29) is 11.4 Å². The van der Waals surface area contributed by atoms with Gasteiger partial charge in [-0.2, -0.15) is 21.3 Å². The van der Waals surface area contributed by atoms with Crippen molar-refractivity contribution < 1.29 is 0 Å². The zero-order valence-electron chi connectivity index (χ0n) is 10.5. The van der Waals surface area contributed by atoms with Crippen molar-refractivity contribution in [3.63, 3.8) is 0 Å². The second kappa shape index (κ2) is 4.07. The third-order valence-corrected chi connectivity index (χ3v) is 3.28. The number of aryl methyl sites for hydroxylation is 1. The molecule has 0 radical (unpaired) electrons. The predicted octanol–water partition coefficient (Wildman–Crippen LogP) is 2.79. The van der Waals surface area contributed by atoms with Crippen molar-refractivity contribution >= 4 is 17.3 Å². The third-order valence-electron chi connectivity index (χ3n) is 2.42. The summed E-state index contributed by atoms with van der Waals surface area (Å²) in [6, 6.07) is 0. The van der Waals surface area contributed by atoms with Crippen LogP contribution in [0.3, 0.4) is 0 Å². The van der Waals surface area contributed by atoms with Crippen LogP contribution < -0.4 is 5.73 Å². The molecule has 2 aromatic rings. The molecular formula is C12H16N4S. The van der Waals surface area contributed by atoms with Crippen molar-refractivity contribution in [2.45, 2.75) is 33.1 Å². The third kappa shape index (κ3) is 2.44. The number of hydrogen-bond donors (Lipinski definition) is 1. The minimum absolute atomic E-state index is 0.129. The van der Waals surface area contributed by atoms with Gasteiger partial charge in [-0.15, -0.1) is 0 Å². The van der Waals surface area contributed by atoms with Crippen LogP contribution in [0.1, 0.15) is 32.2 Å². The Kier molecular flexibility index (Phi) is 2.87. The summed E-state index contributed by atoms with van der Waals surface area (Å²) in [4.78, 5) is 12.9. The van der Waals surface area contributed by atoms with E-state index >= 15 is 0 Å². The minimum atomic E-state index is -0.129. The Morgan fingerprint density at radius 3 is 2.35 bits per heavy atom. The highest BCUT2D eigenvalue weighted by Crippen LogP contribution is 2.26. The lowest BCUT2D eigenvalue weighted by Gasteiger charge is -2.17. The summed E-state index contributed by atoms with van der Waals surface area (Å²) in [5, 5.41) is 4.11. The summed E-state index contributed by atoms with van der Waals surface area (Å²) < 4.78 is 0. The number of nitrogens with two attached hydrogens (primary N) is 1. The molecule has 0 atom stereocenters. The normalized spacial score (nSPS) is 11.8. The molecule has 2 aromatic heterocycles. The molecule has 0 amide bonds. The van der Waals surface area contributed by atoms with Crippen LogP contribution in [0.25, 0.3) is 11.4 Å².